The van der Waals surface area contributed by atoms with Gasteiger partial charge in [0.15, 0.2) is 0 Å². The van der Waals surface area contributed by atoms with E-state index in [1.54, 1.807) is 17.8 Å². The number of H-pyrrole nitrogens is 1. The van der Waals surface area contributed by atoms with Gasteiger partial charge in [-0.2, -0.15) is 0 Å². The molecule has 1 aliphatic rings. The molecule has 0 spiro atoms. The second-order valence-corrected chi connectivity index (χ2v) is 6.68. The van der Waals surface area contributed by atoms with Crippen molar-refractivity contribution in [2.24, 2.45) is 18.0 Å². The van der Waals surface area contributed by atoms with Gasteiger partial charge in [0.1, 0.15) is 12.1 Å². The SMILES string of the molecule is Cc1[nH]c2c(=O)n(C)cc(Br)c2c1C1=NC(C(C)C)CO1. The summed E-state index contributed by atoms with van der Waals surface area (Å²) in [6.45, 7) is 6.81. The first-order valence-electron chi connectivity index (χ1n) is 6.98. The number of rotatable bonds is 2. The van der Waals surface area contributed by atoms with Crippen LogP contribution in [0.25, 0.3) is 10.9 Å². The molecule has 5 nitrogen and oxygen atoms in total. The van der Waals surface area contributed by atoms with Crippen LogP contribution < -0.4 is 5.56 Å². The van der Waals surface area contributed by atoms with Gasteiger partial charge < -0.3 is 14.3 Å². The van der Waals surface area contributed by atoms with Crippen LogP contribution in [0.5, 0.6) is 0 Å². The fraction of sp³-hybridized carbons (Fsp3) is 0.467. The summed E-state index contributed by atoms with van der Waals surface area (Å²) in [5, 5.41) is 0.846. The predicted octanol–water partition coefficient (Wildman–Crippen LogP) is 2.74. The Labute approximate surface area is 131 Å². The Morgan fingerprint density at radius 1 is 1.52 bits per heavy atom. The highest BCUT2D eigenvalue weighted by atomic mass is 79.9. The van der Waals surface area contributed by atoms with E-state index >= 15 is 0 Å². The highest BCUT2D eigenvalue weighted by molar-refractivity contribution is 9.10. The van der Waals surface area contributed by atoms with Gasteiger partial charge in [-0.05, 0) is 28.8 Å². The van der Waals surface area contributed by atoms with E-state index in [0.717, 1.165) is 21.1 Å². The monoisotopic (exact) mass is 351 g/mol. The van der Waals surface area contributed by atoms with Crippen LogP contribution in [0.1, 0.15) is 25.1 Å². The van der Waals surface area contributed by atoms with Crippen molar-refractivity contribution in [1.29, 1.82) is 0 Å². The third kappa shape index (κ3) is 2.21. The molecular weight excluding hydrogens is 334 g/mol. The molecule has 1 N–H and O–H groups in total. The van der Waals surface area contributed by atoms with Crippen LogP contribution >= 0.6 is 15.9 Å². The highest BCUT2D eigenvalue weighted by Gasteiger charge is 2.27. The lowest BCUT2D eigenvalue weighted by molar-refractivity contribution is 0.292. The van der Waals surface area contributed by atoms with Crippen LogP contribution in [-0.2, 0) is 11.8 Å². The van der Waals surface area contributed by atoms with Gasteiger partial charge >= 0.3 is 0 Å². The Morgan fingerprint density at radius 3 is 2.86 bits per heavy atom. The number of ether oxygens (including phenoxy) is 1. The normalized spacial score (nSPS) is 18.4. The molecule has 21 heavy (non-hydrogen) atoms. The summed E-state index contributed by atoms with van der Waals surface area (Å²) in [5.41, 5.74) is 2.31. The Balaban J connectivity index is 2.25. The maximum atomic E-state index is 12.3. The van der Waals surface area contributed by atoms with E-state index in [9.17, 15) is 4.79 Å². The van der Waals surface area contributed by atoms with Crippen molar-refractivity contribution >= 4 is 32.7 Å². The molecule has 0 aliphatic carbocycles. The number of nitrogens with zero attached hydrogens (tertiary/aromatic N) is 2. The fourth-order valence-corrected chi connectivity index (χ4v) is 3.33. The van der Waals surface area contributed by atoms with Gasteiger partial charge in [-0.1, -0.05) is 13.8 Å². The van der Waals surface area contributed by atoms with Crippen molar-refractivity contribution in [3.05, 3.63) is 32.3 Å². The fourth-order valence-electron chi connectivity index (χ4n) is 2.63. The molecule has 0 amide bonds. The van der Waals surface area contributed by atoms with Crippen LogP contribution in [0.4, 0.5) is 0 Å². The Hall–Kier alpha value is -1.56. The minimum Gasteiger partial charge on any atom is -0.475 e. The molecule has 1 unspecified atom stereocenters. The molecule has 0 bridgehead atoms. The Bertz CT molecular complexity index is 801. The molecule has 0 aromatic carbocycles. The lowest BCUT2D eigenvalue weighted by atomic mass is 10.1. The van der Waals surface area contributed by atoms with Gasteiger partial charge in [-0.15, -0.1) is 0 Å². The van der Waals surface area contributed by atoms with Crippen molar-refractivity contribution < 1.29 is 4.74 Å². The van der Waals surface area contributed by atoms with E-state index in [1.165, 1.54) is 0 Å². The number of hydrogen-bond donors (Lipinski definition) is 1. The smallest absolute Gasteiger partial charge is 0.274 e. The minimum absolute atomic E-state index is 0.0541. The zero-order chi connectivity index (χ0) is 15.3. The molecule has 0 saturated carbocycles. The summed E-state index contributed by atoms with van der Waals surface area (Å²) < 4.78 is 8.20. The zero-order valence-electron chi connectivity index (χ0n) is 12.5. The van der Waals surface area contributed by atoms with Gasteiger partial charge in [0, 0.05) is 28.8 Å². The van der Waals surface area contributed by atoms with Gasteiger partial charge in [0.05, 0.1) is 11.6 Å². The molecule has 3 rings (SSSR count). The van der Waals surface area contributed by atoms with E-state index in [0.29, 0.717) is 23.9 Å². The molecular formula is C15H18BrN3O2. The van der Waals surface area contributed by atoms with Crippen LogP contribution in [0.15, 0.2) is 20.5 Å². The molecule has 2 aromatic rings. The maximum Gasteiger partial charge on any atom is 0.274 e. The number of pyridine rings is 1. The molecule has 2 aromatic heterocycles. The number of aryl methyl sites for hydroxylation is 2. The lowest BCUT2D eigenvalue weighted by Gasteiger charge is -2.06. The maximum absolute atomic E-state index is 12.3. The molecule has 0 radical (unpaired) electrons. The number of nitrogens with one attached hydrogen (secondary N) is 1. The van der Waals surface area contributed by atoms with Gasteiger partial charge in [-0.25, -0.2) is 4.99 Å². The van der Waals surface area contributed by atoms with Crippen LogP contribution in [0, 0.1) is 12.8 Å². The van der Waals surface area contributed by atoms with E-state index in [2.05, 4.69) is 39.8 Å². The first-order valence-corrected chi connectivity index (χ1v) is 7.77. The average Bonchev–Trinajstić information content (AvgIpc) is 3.00. The van der Waals surface area contributed by atoms with Crippen molar-refractivity contribution in [3.63, 3.8) is 0 Å². The highest BCUT2D eigenvalue weighted by Crippen LogP contribution is 2.30. The molecule has 1 aliphatic heterocycles. The molecule has 6 heteroatoms. The number of aromatic nitrogens is 2. The first kappa shape index (κ1) is 14.4. The summed E-state index contributed by atoms with van der Waals surface area (Å²) in [5.74, 6) is 1.07. The van der Waals surface area contributed by atoms with Crippen molar-refractivity contribution in [2.75, 3.05) is 6.61 Å². The Kier molecular flexibility index (Phi) is 3.43. The molecule has 1 atom stereocenters. The van der Waals surface area contributed by atoms with E-state index in [1.807, 2.05) is 6.92 Å². The molecule has 112 valence electrons. The predicted molar refractivity (Wildman–Crippen MR) is 87.1 cm³/mol. The number of hydrogen-bond acceptors (Lipinski definition) is 3. The topological polar surface area (TPSA) is 59.4 Å². The lowest BCUT2D eigenvalue weighted by Crippen LogP contribution is -2.16. The zero-order valence-corrected chi connectivity index (χ0v) is 14.1. The third-order valence-electron chi connectivity index (χ3n) is 3.92. The van der Waals surface area contributed by atoms with E-state index < -0.39 is 0 Å². The second-order valence-electron chi connectivity index (χ2n) is 5.82. The van der Waals surface area contributed by atoms with Gasteiger partial charge in [-0.3, -0.25) is 4.79 Å². The first-order chi connectivity index (χ1) is 9.90. The van der Waals surface area contributed by atoms with Crippen molar-refractivity contribution in [1.82, 2.24) is 9.55 Å². The summed E-state index contributed by atoms with van der Waals surface area (Å²) in [6.07, 6.45) is 1.77. The van der Waals surface area contributed by atoms with Crippen LogP contribution in [-0.4, -0.2) is 28.1 Å². The summed E-state index contributed by atoms with van der Waals surface area (Å²) in [4.78, 5) is 20.1. The van der Waals surface area contributed by atoms with Gasteiger partial charge in [0.2, 0.25) is 5.90 Å². The molecule has 3 heterocycles. The van der Waals surface area contributed by atoms with Crippen molar-refractivity contribution in [3.8, 4) is 0 Å². The van der Waals surface area contributed by atoms with E-state index in [4.69, 9.17) is 4.74 Å². The minimum atomic E-state index is -0.0541. The Morgan fingerprint density at radius 2 is 2.24 bits per heavy atom. The average molecular weight is 352 g/mol. The number of fused-ring (bicyclic) bond motifs is 1. The number of aliphatic imine (C=N–C) groups is 1. The number of halogens is 1. The van der Waals surface area contributed by atoms with Crippen molar-refractivity contribution in [2.45, 2.75) is 26.8 Å². The third-order valence-corrected chi connectivity index (χ3v) is 4.53. The quantitative estimate of drug-likeness (QED) is 0.904. The van der Waals surface area contributed by atoms with Crippen LogP contribution in [0.2, 0.25) is 0 Å². The summed E-state index contributed by atoms with van der Waals surface area (Å²) in [7, 11) is 1.74. The molecule has 0 saturated heterocycles. The largest absolute Gasteiger partial charge is 0.475 e. The summed E-state index contributed by atoms with van der Waals surface area (Å²) >= 11 is 3.55. The standard InChI is InChI=1S/C15H18BrN3O2/c1-7(2)10-6-21-14(18-10)11-8(3)17-13-12(11)9(16)5-19(4)15(13)20/h5,7,10,17H,6H2,1-4H3. The molecule has 0 fully saturated rings. The van der Waals surface area contributed by atoms with Gasteiger partial charge in [0.25, 0.3) is 5.56 Å². The van der Waals surface area contributed by atoms with Crippen LogP contribution in [0.3, 0.4) is 0 Å². The van der Waals surface area contributed by atoms with E-state index in [-0.39, 0.29) is 11.6 Å². The summed E-state index contributed by atoms with van der Waals surface area (Å²) in [6, 6.07) is 0.176. The number of aromatic amines is 1. The second kappa shape index (κ2) is 5.02.